The maximum absolute atomic E-state index is 12.8. The molecule has 2 aromatic carbocycles. The number of aromatic nitrogens is 2. The normalized spacial score (nSPS) is 10.8. The lowest BCUT2D eigenvalue weighted by Crippen LogP contribution is -2.14. The van der Waals surface area contributed by atoms with E-state index in [4.69, 9.17) is 5.73 Å². The number of anilines is 2. The van der Waals surface area contributed by atoms with Crippen LogP contribution < -0.4 is 11.1 Å². The third kappa shape index (κ3) is 5.11. The molecule has 0 aliphatic heterocycles. The van der Waals surface area contributed by atoms with Gasteiger partial charge in [0, 0.05) is 29.2 Å². The number of amides is 1. The second-order valence-corrected chi connectivity index (χ2v) is 6.14. The second-order valence-electron chi connectivity index (χ2n) is 6.14. The summed E-state index contributed by atoms with van der Waals surface area (Å²) in [5.41, 5.74) is 6.95. The SMILES string of the molecule is Cc1ccc(NC(=O)c2cccc(C(F)(F)F)c2)cc1C#Cc1cnc(N)nc1. The van der Waals surface area contributed by atoms with E-state index in [-0.39, 0.29) is 11.5 Å². The van der Waals surface area contributed by atoms with E-state index in [1.807, 2.05) is 6.92 Å². The third-order valence-electron chi connectivity index (χ3n) is 3.96. The van der Waals surface area contributed by atoms with Gasteiger partial charge in [-0.3, -0.25) is 4.79 Å². The summed E-state index contributed by atoms with van der Waals surface area (Å²) in [6.07, 6.45) is -1.54. The van der Waals surface area contributed by atoms with Crippen molar-refractivity contribution in [2.75, 3.05) is 11.1 Å². The molecule has 29 heavy (non-hydrogen) atoms. The minimum absolute atomic E-state index is 0.0907. The van der Waals surface area contributed by atoms with Crippen molar-refractivity contribution in [3.05, 3.63) is 82.7 Å². The molecule has 1 heterocycles. The Hall–Kier alpha value is -3.86. The average molecular weight is 396 g/mol. The first-order valence-electron chi connectivity index (χ1n) is 8.41. The van der Waals surface area contributed by atoms with E-state index in [1.54, 1.807) is 18.2 Å². The van der Waals surface area contributed by atoms with Crippen molar-refractivity contribution < 1.29 is 18.0 Å². The fourth-order valence-electron chi connectivity index (χ4n) is 2.42. The number of aryl methyl sites for hydroxylation is 1. The molecule has 0 aliphatic rings. The molecule has 0 radical (unpaired) electrons. The number of alkyl halides is 3. The van der Waals surface area contributed by atoms with Crippen LogP contribution in [-0.4, -0.2) is 15.9 Å². The predicted octanol–water partition coefficient (Wildman–Crippen LogP) is 4.04. The van der Waals surface area contributed by atoms with Gasteiger partial charge in [0.15, 0.2) is 0 Å². The standard InChI is InChI=1S/C21H15F3N4O/c1-13-5-8-18(10-15(13)7-6-14-11-26-20(25)27-12-14)28-19(29)16-3-2-4-17(9-16)21(22,23)24/h2-5,8-12H,1H3,(H,28,29)(H2,25,26,27). The van der Waals surface area contributed by atoms with E-state index in [9.17, 15) is 18.0 Å². The monoisotopic (exact) mass is 396 g/mol. The van der Waals surface area contributed by atoms with Crippen LogP contribution in [0, 0.1) is 18.8 Å². The lowest BCUT2D eigenvalue weighted by Gasteiger charge is -2.10. The average Bonchev–Trinajstić information content (AvgIpc) is 2.69. The largest absolute Gasteiger partial charge is 0.416 e. The molecule has 3 rings (SSSR count). The molecular formula is C21H15F3N4O. The molecule has 0 saturated heterocycles. The van der Waals surface area contributed by atoms with Crippen LogP contribution in [0.3, 0.4) is 0 Å². The summed E-state index contributed by atoms with van der Waals surface area (Å²) in [6, 6.07) is 9.29. The Morgan fingerprint density at radius 2 is 1.79 bits per heavy atom. The summed E-state index contributed by atoms with van der Waals surface area (Å²) in [5, 5.41) is 2.59. The first-order chi connectivity index (χ1) is 13.7. The second kappa shape index (κ2) is 8.02. The van der Waals surface area contributed by atoms with Gasteiger partial charge in [-0.25, -0.2) is 9.97 Å². The molecule has 0 bridgehead atoms. The molecule has 146 valence electrons. The topological polar surface area (TPSA) is 80.9 Å². The number of nitrogens with two attached hydrogens (primary N) is 1. The number of hydrogen-bond acceptors (Lipinski definition) is 4. The summed E-state index contributed by atoms with van der Waals surface area (Å²) in [7, 11) is 0. The highest BCUT2D eigenvalue weighted by atomic mass is 19.4. The molecule has 1 aromatic heterocycles. The molecule has 0 spiro atoms. The van der Waals surface area contributed by atoms with Gasteiger partial charge >= 0.3 is 6.18 Å². The molecule has 0 saturated carbocycles. The van der Waals surface area contributed by atoms with Gasteiger partial charge < -0.3 is 11.1 Å². The zero-order valence-electron chi connectivity index (χ0n) is 15.2. The fraction of sp³-hybridized carbons (Fsp3) is 0.0952. The van der Waals surface area contributed by atoms with Crippen molar-refractivity contribution in [1.29, 1.82) is 0 Å². The lowest BCUT2D eigenvalue weighted by atomic mass is 10.1. The van der Waals surface area contributed by atoms with E-state index < -0.39 is 17.6 Å². The first-order valence-corrected chi connectivity index (χ1v) is 8.41. The highest BCUT2D eigenvalue weighted by Gasteiger charge is 2.30. The Labute approximate surface area is 164 Å². The number of hydrogen-bond donors (Lipinski definition) is 2. The van der Waals surface area contributed by atoms with Gasteiger partial charge in [0.05, 0.1) is 11.1 Å². The van der Waals surface area contributed by atoms with Crippen LogP contribution >= 0.6 is 0 Å². The fourth-order valence-corrected chi connectivity index (χ4v) is 2.42. The van der Waals surface area contributed by atoms with E-state index >= 15 is 0 Å². The zero-order chi connectivity index (χ0) is 21.0. The van der Waals surface area contributed by atoms with Crippen molar-refractivity contribution in [2.45, 2.75) is 13.1 Å². The van der Waals surface area contributed by atoms with Crippen LogP contribution in [0.1, 0.15) is 32.6 Å². The molecule has 0 aliphatic carbocycles. The van der Waals surface area contributed by atoms with Gasteiger partial charge in [-0.1, -0.05) is 24.0 Å². The van der Waals surface area contributed by atoms with Gasteiger partial charge in [-0.2, -0.15) is 13.2 Å². The Balaban J connectivity index is 1.81. The Morgan fingerprint density at radius 1 is 1.07 bits per heavy atom. The molecular weight excluding hydrogens is 381 g/mol. The summed E-state index contributed by atoms with van der Waals surface area (Å²) < 4.78 is 38.5. The Bertz CT molecular complexity index is 1110. The quantitative estimate of drug-likeness (QED) is 0.641. The molecule has 0 atom stereocenters. The zero-order valence-corrected chi connectivity index (χ0v) is 15.2. The maximum atomic E-state index is 12.8. The number of halogens is 3. The van der Waals surface area contributed by atoms with E-state index in [0.717, 1.165) is 17.7 Å². The number of nitrogens with one attached hydrogen (secondary N) is 1. The number of nitrogens with zero attached hydrogens (tertiary/aromatic N) is 2. The predicted molar refractivity (Wildman–Crippen MR) is 103 cm³/mol. The van der Waals surface area contributed by atoms with Crippen molar-refractivity contribution in [3.63, 3.8) is 0 Å². The minimum Gasteiger partial charge on any atom is -0.368 e. The maximum Gasteiger partial charge on any atom is 0.416 e. The van der Waals surface area contributed by atoms with Gasteiger partial charge in [-0.05, 0) is 42.8 Å². The number of nitrogen functional groups attached to an aromatic ring is 1. The van der Waals surface area contributed by atoms with E-state index in [0.29, 0.717) is 16.8 Å². The smallest absolute Gasteiger partial charge is 0.368 e. The summed E-state index contributed by atoms with van der Waals surface area (Å²) >= 11 is 0. The highest BCUT2D eigenvalue weighted by molar-refractivity contribution is 6.04. The highest BCUT2D eigenvalue weighted by Crippen LogP contribution is 2.29. The van der Waals surface area contributed by atoms with Gasteiger partial charge in [-0.15, -0.1) is 0 Å². The van der Waals surface area contributed by atoms with Crippen LogP contribution in [0.15, 0.2) is 54.9 Å². The number of rotatable bonds is 2. The van der Waals surface area contributed by atoms with Crippen LogP contribution in [0.25, 0.3) is 0 Å². The molecule has 0 fully saturated rings. The van der Waals surface area contributed by atoms with Crippen molar-refractivity contribution in [2.24, 2.45) is 0 Å². The molecule has 1 amide bonds. The molecule has 8 heteroatoms. The summed E-state index contributed by atoms with van der Waals surface area (Å²) in [4.78, 5) is 20.1. The first kappa shape index (κ1) is 19.9. The molecule has 5 nitrogen and oxygen atoms in total. The van der Waals surface area contributed by atoms with Crippen LogP contribution in [0.4, 0.5) is 24.8 Å². The number of carbonyl (C=O) groups is 1. The lowest BCUT2D eigenvalue weighted by molar-refractivity contribution is -0.137. The number of benzene rings is 2. The van der Waals surface area contributed by atoms with Crippen LogP contribution in [0.5, 0.6) is 0 Å². The van der Waals surface area contributed by atoms with Crippen LogP contribution in [-0.2, 0) is 6.18 Å². The van der Waals surface area contributed by atoms with Gasteiger partial charge in [0.2, 0.25) is 5.95 Å². The van der Waals surface area contributed by atoms with Crippen molar-refractivity contribution in [1.82, 2.24) is 9.97 Å². The molecule has 0 unspecified atom stereocenters. The van der Waals surface area contributed by atoms with E-state index in [2.05, 4.69) is 27.1 Å². The van der Waals surface area contributed by atoms with Crippen LogP contribution in [0.2, 0.25) is 0 Å². The van der Waals surface area contributed by atoms with Crippen molar-refractivity contribution >= 4 is 17.5 Å². The minimum atomic E-state index is -4.52. The molecule has 3 aromatic rings. The number of carbonyl (C=O) groups excluding carboxylic acids is 1. The van der Waals surface area contributed by atoms with E-state index in [1.165, 1.54) is 24.5 Å². The molecule has 3 N–H and O–H groups in total. The Morgan fingerprint density at radius 3 is 2.48 bits per heavy atom. The summed E-state index contributed by atoms with van der Waals surface area (Å²) in [6.45, 7) is 1.85. The van der Waals surface area contributed by atoms with Crippen molar-refractivity contribution in [3.8, 4) is 11.8 Å². The Kier molecular flexibility index (Phi) is 5.50. The van der Waals surface area contributed by atoms with Gasteiger partial charge in [0.25, 0.3) is 5.91 Å². The summed E-state index contributed by atoms with van der Waals surface area (Å²) in [5.74, 6) is 5.35. The third-order valence-corrected chi connectivity index (χ3v) is 3.96. The van der Waals surface area contributed by atoms with Gasteiger partial charge in [0.1, 0.15) is 0 Å².